The number of nitrogens with one attached hydrogen (secondary N) is 1. The molecule has 6 nitrogen and oxygen atoms in total. The van der Waals surface area contributed by atoms with Crippen molar-refractivity contribution in [3.63, 3.8) is 0 Å². The first kappa shape index (κ1) is 15.5. The summed E-state index contributed by atoms with van der Waals surface area (Å²) in [5.74, 6) is -0.297. The van der Waals surface area contributed by atoms with Crippen LogP contribution in [0.15, 0.2) is 23.1 Å². The van der Waals surface area contributed by atoms with Crippen LogP contribution in [0.25, 0.3) is 0 Å². The molecule has 7 heteroatoms. The number of benzene rings is 1. The second kappa shape index (κ2) is 6.03. The highest BCUT2D eigenvalue weighted by molar-refractivity contribution is 7.89. The van der Waals surface area contributed by atoms with E-state index in [1.807, 2.05) is 0 Å². The molecule has 1 rings (SSSR count). The number of nitrogens with zero attached hydrogens (tertiary/aromatic N) is 1. The highest BCUT2D eigenvalue weighted by Gasteiger charge is 2.21. The summed E-state index contributed by atoms with van der Waals surface area (Å²) in [6.07, 6.45) is 0.0874. The first-order chi connectivity index (χ1) is 8.78. The van der Waals surface area contributed by atoms with Gasteiger partial charge in [-0.2, -0.15) is 0 Å². The molecule has 0 atom stereocenters. The number of carbonyl (C=O) groups is 1. The largest absolute Gasteiger partial charge is 0.508 e. The van der Waals surface area contributed by atoms with Gasteiger partial charge in [-0.25, -0.2) is 12.7 Å². The zero-order chi connectivity index (χ0) is 14.6. The maximum absolute atomic E-state index is 12.2. The molecule has 106 valence electrons. The number of hydrogen-bond donors (Lipinski definition) is 2. The van der Waals surface area contributed by atoms with E-state index < -0.39 is 10.0 Å². The van der Waals surface area contributed by atoms with Gasteiger partial charge in [0.2, 0.25) is 15.9 Å². The number of amides is 1. The lowest BCUT2D eigenvalue weighted by molar-refractivity contribution is -0.120. The van der Waals surface area contributed by atoms with Crippen LogP contribution < -0.4 is 5.32 Å². The predicted octanol–water partition coefficient (Wildman–Crippen LogP) is 0.457. The van der Waals surface area contributed by atoms with E-state index in [-0.39, 0.29) is 29.5 Å². The van der Waals surface area contributed by atoms with Crippen LogP contribution in [0.5, 0.6) is 5.75 Å². The van der Waals surface area contributed by atoms with Crippen LogP contribution in [-0.2, 0) is 14.8 Å². The van der Waals surface area contributed by atoms with Crippen LogP contribution in [0.1, 0.15) is 12.0 Å². The molecule has 0 aromatic heterocycles. The summed E-state index contributed by atoms with van der Waals surface area (Å²) in [4.78, 5) is 11.1. The minimum atomic E-state index is -3.69. The average molecular weight is 286 g/mol. The number of aromatic hydroxyl groups is 1. The molecule has 1 aromatic rings. The molecule has 0 aliphatic rings. The van der Waals surface area contributed by atoms with Gasteiger partial charge in [-0.1, -0.05) is 6.07 Å². The summed E-state index contributed by atoms with van der Waals surface area (Å²) in [5.41, 5.74) is 0.604. The van der Waals surface area contributed by atoms with Crippen molar-refractivity contribution in [1.29, 1.82) is 0 Å². The normalized spacial score (nSPS) is 11.6. The molecule has 0 unspecified atom stereocenters. The van der Waals surface area contributed by atoms with Gasteiger partial charge in [0, 0.05) is 33.1 Å². The third kappa shape index (κ3) is 3.68. The fourth-order valence-electron chi connectivity index (χ4n) is 1.43. The van der Waals surface area contributed by atoms with Crippen molar-refractivity contribution in [3.05, 3.63) is 23.8 Å². The lowest BCUT2D eigenvalue weighted by atomic mass is 10.2. The van der Waals surface area contributed by atoms with Gasteiger partial charge in [-0.15, -0.1) is 0 Å². The minimum absolute atomic E-state index is 0.00927. The lowest BCUT2D eigenvalue weighted by Gasteiger charge is -2.17. The number of carbonyl (C=O) groups excluding carboxylic acids is 1. The molecule has 0 heterocycles. The summed E-state index contributed by atoms with van der Waals surface area (Å²) in [7, 11) is -0.796. The fourth-order valence-corrected chi connectivity index (χ4v) is 2.63. The topological polar surface area (TPSA) is 86.7 Å². The van der Waals surface area contributed by atoms with Crippen molar-refractivity contribution in [2.24, 2.45) is 0 Å². The van der Waals surface area contributed by atoms with Crippen LogP contribution in [-0.4, -0.2) is 44.4 Å². The Bertz CT molecular complexity index is 569. The zero-order valence-corrected chi connectivity index (χ0v) is 12.0. The smallest absolute Gasteiger partial charge is 0.242 e. The van der Waals surface area contributed by atoms with Crippen molar-refractivity contribution in [2.45, 2.75) is 18.2 Å². The summed E-state index contributed by atoms with van der Waals surface area (Å²) in [6, 6.07) is 4.18. The summed E-state index contributed by atoms with van der Waals surface area (Å²) >= 11 is 0. The van der Waals surface area contributed by atoms with E-state index >= 15 is 0 Å². The Morgan fingerprint density at radius 2 is 2.05 bits per heavy atom. The molecular weight excluding hydrogens is 268 g/mol. The first-order valence-electron chi connectivity index (χ1n) is 5.75. The van der Waals surface area contributed by atoms with Crippen LogP contribution in [0.2, 0.25) is 0 Å². The zero-order valence-electron chi connectivity index (χ0n) is 11.2. The highest BCUT2D eigenvalue weighted by Crippen LogP contribution is 2.22. The minimum Gasteiger partial charge on any atom is -0.508 e. The second-order valence-electron chi connectivity index (χ2n) is 4.20. The van der Waals surface area contributed by atoms with E-state index in [1.165, 1.54) is 32.3 Å². The quantitative estimate of drug-likeness (QED) is 0.823. The highest BCUT2D eigenvalue weighted by atomic mass is 32.2. The molecule has 2 N–H and O–H groups in total. The van der Waals surface area contributed by atoms with Crippen molar-refractivity contribution in [1.82, 2.24) is 9.62 Å². The molecule has 0 aliphatic heterocycles. The number of phenols is 1. The Balaban J connectivity index is 2.90. The standard InChI is InChI=1S/C12H18N2O4S/c1-9-4-5-10(8-11(9)15)19(17,18)14(3)7-6-12(16)13-2/h4-5,8,15H,6-7H2,1-3H3,(H,13,16). The van der Waals surface area contributed by atoms with Gasteiger partial charge in [0.25, 0.3) is 0 Å². The Morgan fingerprint density at radius 3 is 2.58 bits per heavy atom. The first-order valence-corrected chi connectivity index (χ1v) is 7.19. The number of hydrogen-bond acceptors (Lipinski definition) is 4. The summed E-state index contributed by atoms with van der Waals surface area (Å²) in [6.45, 7) is 1.76. The molecule has 0 saturated carbocycles. The fraction of sp³-hybridized carbons (Fsp3) is 0.417. The molecule has 0 radical (unpaired) electrons. The predicted molar refractivity (Wildman–Crippen MR) is 71.3 cm³/mol. The molecule has 0 fully saturated rings. The van der Waals surface area contributed by atoms with E-state index in [0.717, 1.165) is 4.31 Å². The molecule has 0 saturated heterocycles. The Hall–Kier alpha value is -1.60. The number of aryl methyl sites for hydroxylation is 1. The second-order valence-corrected chi connectivity index (χ2v) is 6.24. The molecular formula is C12H18N2O4S. The molecule has 0 aliphatic carbocycles. The van der Waals surface area contributed by atoms with E-state index in [2.05, 4.69) is 5.32 Å². The maximum atomic E-state index is 12.2. The monoisotopic (exact) mass is 286 g/mol. The van der Waals surface area contributed by atoms with E-state index in [4.69, 9.17) is 0 Å². The lowest BCUT2D eigenvalue weighted by Crippen LogP contribution is -2.31. The molecule has 1 amide bonds. The van der Waals surface area contributed by atoms with Gasteiger partial charge in [0.05, 0.1) is 4.90 Å². The van der Waals surface area contributed by atoms with E-state index in [0.29, 0.717) is 5.56 Å². The van der Waals surface area contributed by atoms with Gasteiger partial charge in [0.15, 0.2) is 0 Å². The Kier molecular flexibility index (Phi) is 4.90. The Labute approximate surface area is 113 Å². The van der Waals surface area contributed by atoms with Gasteiger partial charge in [0.1, 0.15) is 5.75 Å². The van der Waals surface area contributed by atoms with Gasteiger partial charge < -0.3 is 10.4 Å². The van der Waals surface area contributed by atoms with Crippen LogP contribution >= 0.6 is 0 Å². The van der Waals surface area contributed by atoms with Gasteiger partial charge in [-0.3, -0.25) is 4.79 Å². The summed E-state index contributed by atoms with van der Waals surface area (Å²) in [5, 5.41) is 12.0. The van der Waals surface area contributed by atoms with Gasteiger partial charge >= 0.3 is 0 Å². The summed E-state index contributed by atoms with van der Waals surface area (Å²) < 4.78 is 25.4. The van der Waals surface area contributed by atoms with Crippen molar-refractivity contribution in [2.75, 3.05) is 20.6 Å². The van der Waals surface area contributed by atoms with Crippen molar-refractivity contribution < 1.29 is 18.3 Å². The molecule has 1 aromatic carbocycles. The molecule has 0 spiro atoms. The van der Waals surface area contributed by atoms with E-state index in [9.17, 15) is 18.3 Å². The number of phenolic OH excluding ortho intramolecular Hbond substituents is 1. The molecule has 0 bridgehead atoms. The SMILES string of the molecule is CNC(=O)CCN(C)S(=O)(=O)c1ccc(C)c(O)c1. The third-order valence-corrected chi connectivity index (χ3v) is 4.67. The van der Waals surface area contributed by atoms with E-state index in [1.54, 1.807) is 6.92 Å². The Morgan fingerprint density at radius 1 is 1.42 bits per heavy atom. The molecule has 19 heavy (non-hydrogen) atoms. The number of sulfonamides is 1. The van der Waals surface area contributed by atoms with Crippen LogP contribution in [0.3, 0.4) is 0 Å². The maximum Gasteiger partial charge on any atom is 0.242 e. The van der Waals surface area contributed by atoms with Gasteiger partial charge in [-0.05, 0) is 18.6 Å². The van der Waals surface area contributed by atoms with Crippen LogP contribution in [0, 0.1) is 6.92 Å². The van der Waals surface area contributed by atoms with Crippen molar-refractivity contribution >= 4 is 15.9 Å². The number of rotatable bonds is 5. The third-order valence-electron chi connectivity index (χ3n) is 2.82. The van der Waals surface area contributed by atoms with Crippen LogP contribution in [0.4, 0.5) is 0 Å². The van der Waals surface area contributed by atoms with Crippen molar-refractivity contribution in [3.8, 4) is 5.75 Å². The average Bonchev–Trinajstić information content (AvgIpc) is 2.38.